The smallest absolute Gasteiger partial charge is 0.270 e. The highest BCUT2D eigenvalue weighted by atomic mass is 32.2. The number of non-ortho nitro benzene ring substituents is 2. The lowest BCUT2D eigenvalue weighted by molar-refractivity contribution is -0.385. The van der Waals surface area contributed by atoms with Crippen molar-refractivity contribution in [3.8, 4) is 0 Å². The second kappa shape index (κ2) is 7.38. The van der Waals surface area contributed by atoms with Gasteiger partial charge in [-0.15, -0.1) is 0 Å². The van der Waals surface area contributed by atoms with Gasteiger partial charge in [-0.25, -0.2) is 4.99 Å². The lowest BCUT2D eigenvalue weighted by atomic mass is 10.2. The van der Waals surface area contributed by atoms with E-state index >= 15 is 0 Å². The predicted octanol–water partition coefficient (Wildman–Crippen LogP) is 3.70. The summed E-state index contributed by atoms with van der Waals surface area (Å²) in [6.45, 7) is 1.69. The SMILES string of the molecule is Cc1cc([N+](=O)[O-])ccc1N=C1NC(=O)/C(=C\c2cccc([N+](=O)[O-])c2)S1. The Morgan fingerprint density at radius 2 is 1.78 bits per heavy atom. The normalized spacial score (nSPS) is 16.6. The zero-order chi connectivity index (χ0) is 19.6. The molecule has 0 aromatic heterocycles. The van der Waals surface area contributed by atoms with Crippen molar-refractivity contribution >= 4 is 46.0 Å². The maximum absolute atomic E-state index is 12.1. The van der Waals surface area contributed by atoms with Gasteiger partial charge >= 0.3 is 0 Å². The van der Waals surface area contributed by atoms with Crippen LogP contribution in [0.1, 0.15) is 11.1 Å². The molecule has 2 aromatic carbocycles. The molecule has 0 saturated carbocycles. The van der Waals surface area contributed by atoms with Crippen molar-refractivity contribution in [1.82, 2.24) is 5.32 Å². The molecular formula is C17H12N4O5S. The minimum Gasteiger partial charge on any atom is -0.300 e. The van der Waals surface area contributed by atoms with Crippen molar-refractivity contribution in [3.63, 3.8) is 0 Å². The van der Waals surface area contributed by atoms with Gasteiger partial charge in [-0.1, -0.05) is 12.1 Å². The summed E-state index contributed by atoms with van der Waals surface area (Å²) in [6, 6.07) is 10.2. The zero-order valence-electron chi connectivity index (χ0n) is 13.9. The Bertz CT molecular complexity index is 1030. The molecule has 9 nitrogen and oxygen atoms in total. The average Bonchev–Trinajstić information content (AvgIpc) is 2.96. The molecule has 0 spiro atoms. The van der Waals surface area contributed by atoms with Crippen LogP contribution in [0.3, 0.4) is 0 Å². The van der Waals surface area contributed by atoms with Crippen LogP contribution < -0.4 is 5.32 Å². The number of aryl methyl sites for hydroxylation is 1. The number of nitro groups is 2. The van der Waals surface area contributed by atoms with Gasteiger partial charge < -0.3 is 5.32 Å². The van der Waals surface area contributed by atoms with E-state index < -0.39 is 9.85 Å². The number of rotatable bonds is 4. The van der Waals surface area contributed by atoms with Gasteiger partial charge in [0, 0.05) is 24.3 Å². The van der Waals surface area contributed by atoms with E-state index in [1.165, 1.54) is 42.5 Å². The van der Waals surface area contributed by atoms with Crippen molar-refractivity contribution in [2.45, 2.75) is 6.92 Å². The number of aliphatic imine (C=N–C) groups is 1. The highest BCUT2D eigenvalue weighted by molar-refractivity contribution is 8.18. The van der Waals surface area contributed by atoms with E-state index in [4.69, 9.17) is 0 Å². The monoisotopic (exact) mass is 384 g/mol. The Hall–Kier alpha value is -3.53. The number of thioether (sulfide) groups is 1. The third-order valence-corrected chi connectivity index (χ3v) is 4.55. The number of nitro benzene ring substituents is 2. The fourth-order valence-corrected chi connectivity index (χ4v) is 3.18. The lowest BCUT2D eigenvalue weighted by Crippen LogP contribution is -2.19. The molecule has 0 aliphatic carbocycles. The Morgan fingerprint density at radius 1 is 1.07 bits per heavy atom. The molecule has 0 atom stereocenters. The van der Waals surface area contributed by atoms with Crippen LogP contribution in [0, 0.1) is 27.2 Å². The molecule has 27 heavy (non-hydrogen) atoms. The van der Waals surface area contributed by atoms with E-state index in [0.717, 1.165) is 11.8 Å². The van der Waals surface area contributed by atoms with Crippen LogP contribution in [0.25, 0.3) is 6.08 Å². The van der Waals surface area contributed by atoms with E-state index in [1.807, 2.05) is 0 Å². The summed E-state index contributed by atoms with van der Waals surface area (Å²) in [5.41, 5.74) is 1.52. The molecule has 1 N–H and O–H groups in total. The molecule has 136 valence electrons. The molecule has 0 bridgehead atoms. The second-order valence-corrected chi connectivity index (χ2v) is 6.59. The fraction of sp³-hybridized carbons (Fsp3) is 0.0588. The average molecular weight is 384 g/mol. The molecular weight excluding hydrogens is 372 g/mol. The highest BCUT2D eigenvalue weighted by Gasteiger charge is 2.24. The molecule has 1 aliphatic heterocycles. The van der Waals surface area contributed by atoms with Gasteiger partial charge in [0.1, 0.15) is 0 Å². The number of amides is 1. The molecule has 0 unspecified atom stereocenters. The van der Waals surface area contributed by atoms with Crippen LogP contribution >= 0.6 is 11.8 Å². The fourth-order valence-electron chi connectivity index (χ4n) is 2.35. The van der Waals surface area contributed by atoms with Crippen LogP contribution in [0.15, 0.2) is 52.4 Å². The van der Waals surface area contributed by atoms with Gasteiger partial charge in [0.15, 0.2) is 5.17 Å². The maximum Gasteiger partial charge on any atom is 0.270 e. The maximum atomic E-state index is 12.1. The van der Waals surface area contributed by atoms with E-state index in [1.54, 1.807) is 13.0 Å². The van der Waals surface area contributed by atoms with Crippen molar-refractivity contribution in [2.75, 3.05) is 0 Å². The number of carbonyl (C=O) groups excluding carboxylic acids is 1. The summed E-state index contributed by atoms with van der Waals surface area (Å²) < 4.78 is 0. The summed E-state index contributed by atoms with van der Waals surface area (Å²) in [4.78, 5) is 37.4. The Labute approximate surface area is 157 Å². The van der Waals surface area contributed by atoms with Gasteiger partial charge in [0.25, 0.3) is 17.3 Å². The summed E-state index contributed by atoms with van der Waals surface area (Å²) in [6.07, 6.45) is 1.54. The quantitative estimate of drug-likeness (QED) is 0.486. The van der Waals surface area contributed by atoms with Crippen LogP contribution in [0.2, 0.25) is 0 Å². The van der Waals surface area contributed by atoms with Crippen molar-refractivity contribution < 1.29 is 14.6 Å². The minimum absolute atomic E-state index is 0.0363. The van der Waals surface area contributed by atoms with Crippen LogP contribution in [0.4, 0.5) is 17.1 Å². The molecule has 1 amide bonds. The number of carbonyl (C=O) groups is 1. The Balaban J connectivity index is 1.85. The van der Waals surface area contributed by atoms with Gasteiger partial charge in [0.05, 0.1) is 20.4 Å². The highest BCUT2D eigenvalue weighted by Crippen LogP contribution is 2.30. The van der Waals surface area contributed by atoms with E-state index in [9.17, 15) is 25.0 Å². The molecule has 1 fully saturated rings. The van der Waals surface area contributed by atoms with E-state index in [2.05, 4.69) is 10.3 Å². The summed E-state index contributed by atoms with van der Waals surface area (Å²) in [5.74, 6) is -0.371. The van der Waals surface area contributed by atoms with Crippen molar-refractivity contribution in [2.24, 2.45) is 4.99 Å². The van der Waals surface area contributed by atoms with Crippen LogP contribution in [-0.2, 0) is 4.79 Å². The van der Waals surface area contributed by atoms with E-state index in [0.29, 0.717) is 26.9 Å². The third kappa shape index (κ3) is 4.18. The Kier molecular flexibility index (Phi) is 4.99. The first-order chi connectivity index (χ1) is 12.8. The first-order valence-electron chi connectivity index (χ1n) is 7.62. The number of hydrogen-bond donors (Lipinski definition) is 1. The predicted molar refractivity (Wildman–Crippen MR) is 102 cm³/mol. The van der Waals surface area contributed by atoms with Crippen molar-refractivity contribution in [1.29, 1.82) is 0 Å². The standard InChI is InChI=1S/C17H12N4O5S/c1-10-7-13(21(25)26)5-6-14(10)18-17-19-16(22)15(27-17)9-11-3-2-4-12(8-11)20(23)24/h2-9H,1H3,(H,18,19,22)/b15-9+. The molecule has 1 heterocycles. The van der Waals surface area contributed by atoms with Gasteiger partial charge in [-0.3, -0.25) is 25.0 Å². The minimum atomic E-state index is -0.506. The Morgan fingerprint density at radius 3 is 2.44 bits per heavy atom. The number of hydrogen-bond acceptors (Lipinski definition) is 7. The first-order valence-corrected chi connectivity index (χ1v) is 8.44. The zero-order valence-corrected chi connectivity index (χ0v) is 14.7. The second-order valence-electron chi connectivity index (χ2n) is 5.56. The largest absolute Gasteiger partial charge is 0.300 e. The summed E-state index contributed by atoms with van der Waals surface area (Å²) in [7, 11) is 0. The third-order valence-electron chi connectivity index (χ3n) is 3.64. The van der Waals surface area contributed by atoms with Gasteiger partial charge in [-0.05, 0) is 42.0 Å². The van der Waals surface area contributed by atoms with Gasteiger partial charge in [0.2, 0.25) is 0 Å². The molecule has 1 saturated heterocycles. The molecule has 1 aliphatic rings. The van der Waals surface area contributed by atoms with Gasteiger partial charge in [-0.2, -0.15) is 0 Å². The first kappa shape index (κ1) is 18.3. The molecule has 10 heteroatoms. The number of nitrogens with one attached hydrogen (secondary N) is 1. The van der Waals surface area contributed by atoms with Crippen molar-refractivity contribution in [3.05, 3.63) is 78.7 Å². The number of nitrogens with zero attached hydrogens (tertiary/aromatic N) is 3. The molecule has 0 radical (unpaired) electrons. The summed E-state index contributed by atoms with van der Waals surface area (Å²) in [5, 5.41) is 24.6. The number of amidine groups is 1. The number of benzene rings is 2. The summed E-state index contributed by atoms with van der Waals surface area (Å²) >= 11 is 1.09. The topological polar surface area (TPSA) is 128 Å². The molecule has 3 rings (SSSR count). The molecule has 2 aromatic rings. The van der Waals surface area contributed by atoms with E-state index in [-0.39, 0.29) is 17.3 Å². The lowest BCUT2D eigenvalue weighted by Gasteiger charge is -2.01. The van der Waals surface area contributed by atoms with Crippen LogP contribution in [-0.4, -0.2) is 20.9 Å². The van der Waals surface area contributed by atoms with Crippen LogP contribution in [0.5, 0.6) is 0 Å².